The Labute approximate surface area is 170 Å². The summed E-state index contributed by atoms with van der Waals surface area (Å²) in [6.07, 6.45) is -3.43. The largest absolute Gasteiger partial charge is 0.493 e. The molecule has 1 saturated heterocycles. The van der Waals surface area contributed by atoms with Crippen LogP contribution in [-0.4, -0.2) is 45.2 Å². The van der Waals surface area contributed by atoms with Crippen molar-refractivity contribution in [3.8, 4) is 5.75 Å². The third-order valence-corrected chi connectivity index (χ3v) is 5.69. The Hall–Kier alpha value is -2.86. The van der Waals surface area contributed by atoms with E-state index in [0.29, 0.717) is 6.54 Å². The number of sulfonamides is 1. The molecule has 0 radical (unpaired) electrons. The van der Waals surface area contributed by atoms with Gasteiger partial charge in [0.25, 0.3) is 0 Å². The van der Waals surface area contributed by atoms with Crippen LogP contribution in [0.15, 0.2) is 53.7 Å². The van der Waals surface area contributed by atoms with Crippen LogP contribution in [0.4, 0.5) is 18.9 Å². The van der Waals surface area contributed by atoms with E-state index >= 15 is 0 Å². The predicted octanol–water partition coefficient (Wildman–Crippen LogP) is 2.29. The molecule has 1 aromatic heterocycles. The lowest BCUT2D eigenvalue weighted by atomic mass is 10.1. The van der Waals surface area contributed by atoms with Gasteiger partial charge in [-0.05, 0) is 37.2 Å². The Balaban J connectivity index is 1.99. The maximum Gasteiger partial charge on any atom is 0.493 e. The van der Waals surface area contributed by atoms with Gasteiger partial charge in [-0.15, -0.1) is 0 Å². The number of aromatic nitrogens is 1. The first-order valence-electron chi connectivity index (χ1n) is 8.87. The van der Waals surface area contributed by atoms with Crippen molar-refractivity contribution in [2.75, 3.05) is 24.2 Å². The molecule has 0 aliphatic carbocycles. The fourth-order valence-corrected chi connectivity index (χ4v) is 3.92. The highest BCUT2D eigenvalue weighted by atomic mass is 32.2. The molecule has 1 aliphatic rings. The summed E-state index contributed by atoms with van der Waals surface area (Å²) in [5.74, 6) is -2.60. The number of rotatable bonds is 7. The number of alkyl halides is 3. The highest BCUT2D eigenvalue weighted by molar-refractivity contribution is 7.92. The molecule has 12 heteroatoms. The van der Waals surface area contributed by atoms with Crippen molar-refractivity contribution in [3.63, 3.8) is 0 Å². The van der Waals surface area contributed by atoms with E-state index in [2.05, 4.69) is 15.1 Å². The van der Waals surface area contributed by atoms with E-state index in [-0.39, 0.29) is 28.4 Å². The van der Waals surface area contributed by atoms with Crippen LogP contribution in [0.25, 0.3) is 0 Å². The van der Waals surface area contributed by atoms with Gasteiger partial charge in [-0.3, -0.25) is 0 Å². The molecule has 0 saturated carbocycles. The quantitative estimate of drug-likeness (QED) is 0.653. The normalized spacial score (nSPS) is 16.8. The Bertz CT molecular complexity index is 980. The number of hydrogen-bond acceptors (Lipinski definition) is 7. The van der Waals surface area contributed by atoms with Gasteiger partial charge in [0.2, 0.25) is 0 Å². The number of halogens is 3. The van der Waals surface area contributed by atoms with Crippen LogP contribution in [0, 0.1) is 5.92 Å². The molecule has 1 fully saturated rings. The van der Waals surface area contributed by atoms with E-state index in [1.54, 1.807) is 0 Å². The lowest BCUT2D eigenvalue weighted by molar-refractivity contribution is -0.199. The number of hydrogen-bond donors (Lipinski definition) is 1. The van der Waals surface area contributed by atoms with E-state index < -0.39 is 27.2 Å². The molecular formula is C18H18F3N3O5S. The lowest BCUT2D eigenvalue weighted by Gasteiger charge is -2.24. The molecular weight excluding hydrogens is 427 g/mol. The number of nitrogens with zero attached hydrogens (tertiary/aromatic N) is 2. The molecule has 0 bridgehead atoms. The van der Waals surface area contributed by atoms with Crippen molar-refractivity contribution in [2.24, 2.45) is 5.92 Å². The van der Waals surface area contributed by atoms with E-state index in [1.807, 2.05) is 0 Å². The molecule has 8 nitrogen and oxygen atoms in total. The van der Waals surface area contributed by atoms with Crippen LogP contribution in [0.2, 0.25) is 0 Å². The fourth-order valence-electron chi connectivity index (χ4n) is 2.73. The highest BCUT2D eigenvalue weighted by Gasteiger charge is 2.45. The summed E-state index contributed by atoms with van der Waals surface area (Å²) in [6, 6.07) is 9.27. The summed E-state index contributed by atoms with van der Waals surface area (Å²) >= 11 is 0. The molecule has 0 spiro atoms. The van der Waals surface area contributed by atoms with Crippen molar-refractivity contribution in [1.82, 2.24) is 10.3 Å². The minimum absolute atomic E-state index is 0.0566. The van der Waals surface area contributed by atoms with Crippen molar-refractivity contribution >= 4 is 21.7 Å². The Morgan fingerprint density at radius 3 is 2.57 bits per heavy atom. The van der Waals surface area contributed by atoms with E-state index in [0.717, 1.165) is 25.2 Å². The lowest BCUT2D eigenvalue weighted by Crippen LogP contribution is -2.39. The second kappa shape index (κ2) is 8.88. The van der Waals surface area contributed by atoms with Gasteiger partial charge >= 0.3 is 22.2 Å². The number of para-hydroxylation sites is 2. The maximum atomic E-state index is 13.0. The van der Waals surface area contributed by atoms with Crippen LogP contribution in [-0.2, 0) is 19.7 Å². The number of benzene rings is 1. The molecule has 0 amide bonds. The summed E-state index contributed by atoms with van der Waals surface area (Å²) in [5, 5.41) is 2.54. The third-order valence-electron chi connectivity index (χ3n) is 4.22. The van der Waals surface area contributed by atoms with E-state index in [4.69, 9.17) is 4.74 Å². The van der Waals surface area contributed by atoms with Crippen molar-refractivity contribution in [1.29, 1.82) is 0 Å². The number of anilines is 1. The summed E-state index contributed by atoms with van der Waals surface area (Å²) in [7, 11) is -4.78. The molecule has 3 rings (SSSR count). The van der Waals surface area contributed by atoms with E-state index in [1.165, 1.54) is 36.4 Å². The standard InChI is InChI=1S/C18H18F3N3O5S/c19-18(20,21)17(25)29-24(30(26,27)16-7-3-4-9-23-16)14-5-1-2-6-15(14)28-12-13-8-10-22-11-13/h1-7,9,13,22H,8,10-12H2. The van der Waals surface area contributed by atoms with Crippen molar-refractivity contribution in [2.45, 2.75) is 17.6 Å². The SMILES string of the molecule is O=C(ON(c1ccccc1OCC1CCNC1)S(=O)(=O)c1ccccn1)C(F)(F)F. The van der Waals surface area contributed by atoms with Gasteiger partial charge in [0.05, 0.1) is 6.61 Å². The Morgan fingerprint density at radius 2 is 1.93 bits per heavy atom. The average molecular weight is 445 g/mol. The minimum Gasteiger partial charge on any atom is -0.491 e. The maximum absolute atomic E-state index is 13.0. The second-order valence-electron chi connectivity index (χ2n) is 6.41. The van der Waals surface area contributed by atoms with Gasteiger partial charge < -0.3 is 14.9 Å². The zero-order valence-corrected chi connectivity index (χ0v) is 16.3. The number of ether oxygens (including phenoxy) is 1. The second-order valence-corrected chi connectivity index (χ2v) is 8.11. The molecule has 2 aromatic rings. The van der Waals surface area contributed by atoms with Crippen LogP contribution in [0.3, 0.4) is 0 Å². The first-order valence-corrected chi connectivity index (χ1v) is 10.3. The van der Waals surface area contributed by atoms with Crippen LogP contribution < -0.4 is 14.5 Å². The minimum atomic E-state index is -5.41. The molecule has 162 valence electrons. The first kappa shape index (κ1) is 21.8. The number of carbonyl (C=O) groups is 1. The van der Waals surface area contributed by atoms with Gasteiger partial charge in [0, 0.05) is 18.7 Å². The molecule has 1 aromatic carbocycles. The molecule has 1 unspecified atom stereocenters. The Kier molecular flexibility index (Phi) is 6.46. The van der Waals surface area contributed by atoms with Gasteiger partial charge in [0.15, 0.2) is 5.03 Å². The molecule has 1 atom stereocenters. The van der Waals surface area contributed by atoms with Crippen LogP contribution in [0.5, 0.6) is 5.75 Å². The van der Waals surface area contributed by atoms with Gasteiger partial charge in [0.1, 0.15) is 11.4 Å². The summed E-state index contributed by atoms with van der Waals surface area (Å²) in [6.45, 7) is 1.70. The van der Waals surface area contributed by atoms with Crippen LogP contribution >= 0.6 is 0 Å². The Morgan fingerprint density at radius 1 is 1.20 bits per heavy atom. The summed E-state index contributed by atoms with van der Waals surface area (Å²) < 4.78 is 69.9. The molecule has 1 aliphatic heterocycles. The smallest absolute Gasteiger partial charge is 0.491 e. The van der Waals surface area contributed by atoms with Crippen molar-refractivity contribution < 1.29 is 36.0 Å². The number of carbonyl (C=O) groups excluding carboxylic acids is 1. The topological polar surface area (TPSA) is 97.8 Å². The molecule has 30 heavy (non-hydrogen) atoms. The van der Waals surface area contributed by atoms with Gasteiger partial charge in [-0.25, -0.2) is 9.78 Å². The van der Waals surface area contributed by atoms with Gasteiger partial charge in [-0.1, -0.05) is 22.7 Å². The fraction of sp³-hybridized carbons (Fsp3) is 0.333. The zero-order chi connectivity index (χ0) is 21.8. The number of pyridine rings is 1. The third kappa shape index (κ3) is 5.00. The van der Waals surface area contributed by atoms with Gasteiger partial charge in [-0.2, -0.15) is 21.6 Å². The van der Waals surface area contributed by atoms with Crippen molar-refractivity contribution in [3.05, 3.63) is 48.7 Å². The zero-order valence-electron chi connectivity index (χ0n) is 15.5. The first-order chi connectivity index (χ1) is 14.2. The summed E-state index contributed by atoms with van der Waals surface area (Å²) in [5.41, 5.74) is -0.383. The predicted molar refractivity (Wildman–Crippen MR) is 99.0 cm³/mol. The highest BCUT2D eigenvalue weighted by Crippen LogP contribution is 2.34. The summed E-state index contributed by atoms with van der Waals surface area (Å²) in [4.78, 5) is 19.4. The number of nitrogens with one attached hydrogen (secondary N) is 1. The average Bonchev–Trinajstić information content (AvgIpc) is 3.24. The molecule has 2 heterocycles. The molecule has 1 N–H and O–H groups in total. The monoisotopic (exact) mass is 445 g/mol. The van der Waals surface area contributed by atoms with Crippen LogP contribution in [0.1, 0.15) is 6.42 Å². The van der Waals surface area contributed by atoms with E-state index in [9.17, 15) is 26.4 Å².